The fraction of sp³-hybridized carbons (Fsp3) is 0.692. The minimum atomic E-state index is 0.321. The lowest BCUT2D eigenvalue weighted by Crippen LogP contribution is -2.11. The first-order valence-corrected chi connectivity index (χ1v) is 5.47. The highest BCUT2D eigenvalue weighted by atomic mass is 14.2. The highest BCUT2D eigenvalue weighted by Gasteiger charge is 2.16. The number of hydrogen-bond donors (Lipinski definition) is 0. The van der Waals surface area contributed by atoms with Crippen molar-refractivity contribution in [3.05, 3.63) is 24.8 Å². The number of allylic oxidation sites excluding steroid dienone is 3. The van der Waals surface area contributed by atoms with Gasteiger partial charge in [-0.2, -0.15) is 0 Å². The third-order valence-electron chi connectivity index (χ3n) is 2.58. The van der Waals surface area contributed by atoms with Crippen LogP contribution in [0.4, 0.5) is 0 Å². The molecule has 0 aliphatic rings. The van der Waals surface area contributed by atoms with Gasteiger partial charge in [0.2, 0.25) is 0 Å². The van der Waals surface area contributed by atoms with Crippen LogP contribution in [0.3, 0.4) is 0 Å². The quantitative estimate of drug-likeness (QED) is 0.497. The Morgan fingerprint density at radius 1 is 1.23 bits per heavy atom. The molecule has 76 valence electrons. The van der Waals surface area contributed by atoms with Crippen LogP contribution in [-0.4, -0.2) is 0 Å². The Hall–Kier alpha value is -0.520. The van der Waals surface area contributed by atoms with Crippen molar-refractivity contribution in [2.24, 2.45) is 5.41 Å². The number of hydrogen-bond acceptors (Lipinski definition) is 0. The first-order valence-electron chi connectivity index (χ1n) is 5.47. The second-order valence-electron chi connectivity index (χ2n) is 4.05. The number of unbranched alkanes of at least 4 members (excludes halogenated alkanes) is 1. The van der Waals surface area contributed by atoms with Crippen LogP contribution >= 0.6 is 0 Å². The summed E-state index contributed by atoms with van der Waals surface area (Å²) in [5.74, 6) is 0. The lowest BCUT2D eigenvalue weighted by atomic mass is 9.82. The van der Waals surface area contributed by atoms with Crippen molar-refractivity contribution in [3.63, 3.8) is 0 Å². The summed E-state index contributed by atoms with van der Waals surface area (Å²) in [6, 6.07) is 0. The molecule has 1 atom stereocenters. The molecule has 0 fully saturated rings. The smallest absolute Gasteiger partial charge is 0.0115 e. The molecule has 0 saturated heterocycles. The molecule has 0 rings (SSSR count). The van der Waals surface area contributed by atoms with Crippen LogP contribution in [0.1, 0.15) is 52.9 Å². The molecule has 0 unspecified atom stereocenters. The van der Waals surface area contributed by atoms with Crippen LogP contribution in [-0.2, 0) is 0 Å². The van der Waals surface area contributed by atoms with Gasteiger partial charge in [0, 0.05) is 0 Å². The molecule has 0 aliphatic heterocycles. The van der Waals surface area contributed by atoms with Crippen LogP contribution in [0.5, 0.6) is 0 Å². The first kappa shape index (κ1) is 12.5. The van der Waals surface area contributed by atoms with E-state index in [1.54, 1.807) is 0 Å². The van der Waals surface area contributed by atoms with Crippen molar-refractivity contribution in [3.8, 4) is 0 Å². The maximum absolute atomic E-state index is 3.93. The minimum absolute atomic E-state index is 0.321. The van der Waals surface area contributed by atoms with Gasteiger partial charge in [0.05, 0.1) is 0 Å². The molecule has 0 amide bonds. The molecule has 0 aromatic rings. The fourth-order valence-electron chi connectivity index (χ4n) is 1.39. The van der Waals surface area contributed by atoms with Crippen LogP contribution in [0.25, 0.3) is 0 Å². The minimum Gasteiger partial charge on any atom is -0.103 e. The Morgan fingerprint density at radius 3 is 2.38 bits per heavy atom. The van der Waals surface area contributed by atoms with Gasteiger partial charge in [0.25, 0.3) is 0 Å². The van der Waals surface area contributed by atoms with E-state index < -0.39 is 0 Å². The molecule has 0 nitrogen and oxygen atoms in total. The summed E-state index contributed by atoms with van der Waals surface area (Å²) in [6.45, 7) is 10.6. The van der Waals surface area contributed by atoms with Gasteiger partial charge in [-0.15, -0.1) is 6.58 Å². The summed E-state index contributed by atoms with van der Waals surface area (Å²) in [7, 11) is 0. The maximum atomic E-state index is 3.93. The SMILES string of the molecule is C=C[C@](C)(C/C=C/CC)CCCC. The molecule has 0 heterocycles. The second-order valence-corrected chi connectivity index (χ2v) is 4.05. The van der Waals surface area contributed by atoms with Crippen molar-refractivity contribution < 1.29 is 0 Å². The van der Waals surface area contributed by atoms with E-state index in [1.807, 2.05) is 0 Å². The Balaban J connectivity index is 3.95. The van der Waals surface area contributed by atoms with Gasteiger partial charge in [-0.25, -0.2) is 0 Å². The van der Waals surface area contributed by atoms with Crippen LogP contribution in [0.15, 0.2) is 24.8 Å². The van der Waals surface area contributed by atoms with Gasteiger partial charge < -0.3 is 0 Å². The summed E-state index contributed by atoms with van der Waals surface area (Å²) in [5.41, 5.74) is 0.321. The summed E-state index contributed by atoms with van der Waals surface area (Å²) in [5, 5.41) is 0. The Kier molecular flexibility index (Phi) is 6.66. The van der Waals surface area contributed by atoms with Crippen molar-refractivity contribution in [1.29, 1.82) is 0 Å². The zero-order chi connectivity index (χ0) is 10.2. The van der Waals surface area contributed by atoms with Gasteiger partial charge in [-0.3, -0.25) is 0 Å². The molecule has 0 aromatic heterocycles. The largest absolute Gasteiger partial charge is 0.103 e. The fourth-order valence-corrected chi connectivity index (χ4v) is 1.39. The van der Waals surface area contributed by atoms with E-state index in [-0.39, 0.29) is 0 Å². The lowest BCUT2D eigenvalue weighted by Gasteiger charge is -2.23. The topological polar surface area (TPSA) is 0 Å². The zero-order valence-corrected chi connectivity index (χ0v) is 9.47. The molecule has 0 radical (unpaired) electrons. The maximum Gasteiger partial charge on any atom is -0.0115 e. The molecule has 0 bridgehead atoms. The highest BCUT2D eigenvalue weighted by Crippen LogP contribution is 2.29. The Morgan fingerprint density at radius 2 is 1.92 bits per heavy atom. The molecule has 0 heteroatoms. The Labute approximate surface area is 83.7 Å². The van der Waals surface area contributed by atoms with Gasteiger partial charge in [-0.1, -0.05) is 51.8 Å². The van der Waals surface area contributed by atoms with E-state index in [0.717, 1.165) is 12.8 Å². The summed E-state index contributed by atoms with van der Waals surface area (Å²) >= 11 is 0. The average molecular weight is 180 g/mol. The predicted molar refractivity (Wildman–Crippen MR) is 61.9 cm³/mol. The molecule has 0 aromatic carbocycles. The molecular weight excluding hydrogens is 156 g/mol. The van der Waals surface area contributed by atoms with E-state index in [2.05, 4.69) is 45.6 Å². The van der Waals surface area contributed by atoms with E-state index in [4.69, 9.17) is 0 Å². The monoisotopic (exact) mass is 180 g/mol. The first-order chi connectivity index (χ1) is 6.18. The third kappa shape index (κ3) is 5.68. The van der Waals surface area contributed by atoms with Crippen molar-refractivity contribution in [2.45, 2.75) is 52.9 Å². The van der Waals surface area contributed by atoms with Crippen molar-refractivity contribution in [1.82, 2.24) is 0 Å². The highest BCUT2D eigenvalue weighted by molar-refractivity contribution is 4.97. The summed E-state index contributed by atoms with van der Waals surface area (Å²) in [4.78, 5) is 0. The van der Waals surface area contributed by atoms with Gasteiger partial charge in [0.1, 0.15) is 0 Å². The molecule has 0 N–H and O–H groups in total. The third-order valence-corrected chi connectivity index (χ3v) is 2.58. The zero-order valence-electron chi connectivity index (χ0n) is 9.47. The normalized spacial score (nSPS) is 15.9. The van der Waals surface area contributed by atoms with Crippen LogP contribution in [0.2, 0.25) is 0 Å². The van der Waals surface area contributed by atoms with Crippen LogP contribution < -0.4 is 0 Å². The Bertz CT molecular complexity index is 155. The van der Waals surface area contributed by atoms with Crippen molar-refractivity contribution >= 4 is 0 Å². The lowest BCUT2D eigenvalue weighted by molar-refractivity contribution is 0.382. The van der Waals surface area contributed by atoms with E-state index in [1.165, 1.54) is 19.3 Å². The molecule has 0 saturated carbocycles. The molecule has 13 heavy (non-hydrogen) atoms. The number of rotatable bonds is 7. The average Bonchev–Trinajstić information content (AvgIpc) is 2.15. The van der Waals surface area contributed by atoms with E-state index >= 15 is 0 Å². The molecule has 0 spiro atoms. The standard InChI is InChI=1S/C13H24/c1-5-8-10-12-13(4,7-3)11-9-6-2/h7-8,10H,3,5-6,9,11-12H2,1-2,4H3/b10-8+/t13-/m0/s1. The predicted octanol–water partition coefficient (Wildman–Crippen LogP) is 4.73. The van der Waals surface area contributed by atoms with Crippen LogP contribution in [0, 0.1) is 5.41 Å². The summed E-state index contributed by atoms with van der Waals surface area (Å²) < 4.78 is 0. The van der Waals surface area contributed by atoms with Gasteiger partial charge in [0.15, 0.2) is 0 Å². The second kappa shape index (κ2) is 6.94. The van der Waals surface area contributed by atoms with Crippen molar-refractivity contribution in [2.75, 3.05) is 0 Å². The molecule has 0 aliphatic carbocycles. The summed E-state index contributed by atoms with van der Waals surface area (Å²) in [6.07, 6.45) is 12.8. The van der Waals surface area contributed by atoms with Gasteiger partial charge in [-0.05, 0) is 24.7 Å². The van der Waals surface area contributed by atoms with E-state index in [0.29, 0.717) is 5.41 Å². The van der Waals surface area contributed by atoms with Gasteiger partial charge >= 0.3 is 0 Å². The molecular formula is C13H24. The van der Waals surface area contributed by atoms with E-state index in [9.17, 15) is 0 Å².